The van der Waals surface area contributed by atoms with Crippen LogP contribution in [0.5, 0.6) is 0 Å². The lowest BCUT2D eigenvalue weighted by Gasteiger charge is -2.09. The molecule has 2 amide bonds. The van der Waals surface area contributed by atoms with Crippen LogP contribution in [0.1, 0.15) is 12.7 Å². The SMILES string of the molecule is CCn1ccnc1CNc1cccc(NC(N)=O)c1. The number of rotatable bonds is 5. The van der Waals surface area contributed by atoms with Crippen molar-refractivity contribution in [2.24, 2.45) is 5.73 Å². The first-order valence-corrected chi connectivity index (χ1v) is 6.09. The largest absolute Gasteiger partial charge is 0.378 e. The summed E-state index contributed by atoms with van der Waals surface area (Å²) in [4.78, 5) is 15.1. The monoisotopic (exact) mass is 259 g/mol. The fraction of sp³-hybridized carbons (Fsp3) is 0.231. The van der Waals surface area contributed by atoms with Gasteiger partial charge in [-0.3, -0.25) is 0 Å². The van der Waals surface area contributed by atoms with Crippen LogP contribution >= 0.6 is 0 Å². The maximum absolute atomic E-state index is 10.8. The predicted octanol–water partition coefficient (Wildman–Crippen LogP) is 2.01. The molecule has 0 unspecified atom stereocenters. The van der Waals surface area contributed by atoms with E-state index in [1.54, 1.807) is 12.3 Å². The van der Waals surface area contributed by atoms with Gasteiger partial charge in [-0.2, -0.15) is 0 Å². The second-order valence-corrected chi connectivity index (χ2v) is 4.05. The molecule has 0 fully saturated rings. The minimum atomic E-state index is -0.571. The highest BCUT2D eigenvalue weighted by Crippen LogP contribution is 2.15. The quantitative estimate of drug-likeness (QED) is 0.767. The van der Waals surface area contributed by atoms with Crippen LogP contribution in [-0.2, 0) is 13.1 Å². The third-order valence-electron chi connectivity index (χ3n) is 2.72. The third-order valence-corrected chi connectivity index (χ3v) is 2.72. The van der Waals surface area contributed by atoms with Crippen molar-refractivity contribution < 1.29 is 4.79 Å². The second kappa shape index (κ2) is 5.90. The number of anilines is 2. The molecule has 0 aliphatic carbocycles. The Bertz CT molecular complexity index is 564. The number of carbonyl (C=O) groups excluding carboxylic acids is 1. The zero-order chi connectivity index (χ0) is 13.7. The van der Waals surface area contributed by atoms with E-state index in [0.717, 1.165) is 18.1 Å². The van der Waals surface area contributed by atoms with Crippen molar-refractivity contribution in [3.05, 3.63) is 42.5 Å². The molecule has 2 rings (SSSR count). The van der Waals surface area contributed by atoms with E-state index in [1.807, 2.05) is 24.4 Å². The number of aryl methyl sites for hydroxylation is 1. The van der Waals surface area contributed by atoms with Crippen LogP contribution in [0.2, 0.25) is 0 Å². The smallest absolute Gasteiger partial charge is 0.316 e. The maximum Gasteiger partial charge on any atom is 0.316 e. The van der Waals surface area contributed by atoms with Crippen LogP contribution < -0.4 is 16.4 Å². The van der Waals surface area contributed by atoms with E-state index >= 15 is 0 Å². The third kappa shape index (κ3) is 3.48. The van der Waals surface area contributed by atoms with Crippen LogP contribution in [0.4, 0.5) is 16.2 Å². The molecule has 0 bridgehead atoms. The number of nitrogens with one attached hydrogen (secondary N) is 2. The maximum atomic E-state index is 10.8. The first-order chi connectivity index (χ1) is 9.19. The average Bonchev–Trinajstić information content (AvgIpc) is 2.83. The highest BCUT2D eigenvalue weighted by atomic mass is 16.2. The molecule has 4 N–H and O–H groups in total. The number of urea groups is 1. The first kappa shape index (κ1) is 12.9. The Hall–Kier alpha value is -2.50. The van der Waals surface area contributed by atoms with Gasteiger partial charge in [-0.15, -0.1) is 0 Å². The molecule has 0 aliphatic heterocycles. The van der Waals surface area contributed by atoms with Gasteiger partial charge in [0.2, 0.25) is 0 Å². The molecule has 1 heterocycles. The van der Waals surface area contributed by atoms with Gasteiger partial charge in [0.25, 0.3) is 0 Å². The van der Waals surface area contributed by atoms with Crippen molar-refractivity contribution in [2.75, 3.05) is 10.6 Å². The Morgan fingerprint density at radius 2 is 2.21 bits per heavy atom. The Kier molecular flexibility index (Phi) is 4.02. The molecule has 0 aliphatic rings. The lowest BCUT2D eigenvalue weighted by atomic mass is 10.2. The Morgan fingerprint density at radius 3 is 2.95 bits per heavy atom. The van der Waals surface area contributed by atoms with E-state index in [4.69, 9.17) is 5.73 Å². The van der Waals surface area contributed by atoms with Gasteiger partial charge < -0.3 is 20.9 Å². The highest BCUT2D eigenvalue weighted by Gasteiger charge is 2.02. The van der Waals surface area contributed by atoms with Crippen molar-refractivity contribution in [1.29, 1.82) is 0 Å². The summed E-state index contributed by atoms with van der Waals surface area (Å²) in [5.41, 5.74) is 6.64. The number of nitrogens with zero attached hydrogens (tertiary/aromatic N) is 2. The standard InChI is InChI=1S/C13H17N5O/c1-2-18-7-6-15-12(18)9-16-10-4-3-5-11(8-10)17-13(14)19/h3-8,16H,2,9H2,1H3,(H3,14,17,19). The molecule has 0 saturated heterocycles. The predicted molar refractivity (Wildman–Crippen MR) is 74.9 cm³/mol. The lowest BCUT2D eigenvalue weighted by Crippen LogP contribution is -2.19. The van der Waals surface area contributed by atoms with E-state index in [9.17, 15) is 4.79 Å². The Labute approximate surface area is 111 Å². The van der Waals surface area contributed by atoms with E-state index < -0.39 is 6.03 Å². The molecular formula is C13H17N5O. The summed E-state index contributed by atoms with van der Waals surface area (Å²) < 4.78 is 2.07. The number of nitrogens with two attached hydrogens (primary N) is 1. The minimum absolute atomic E-state index is 0.571. The van der Waals surface area contributed by atoms with Gasteiger partial charge in [0.05, 0.1) is 6.54 Å². The zero-order valence-corrected chi connectivity index (χ0v) is 10.8. The number of aromatic nitrogens is 2. The first-order valence-electron chi connectivity index (χ1n) is 6.09. The van der Waals surface area contributed by atoms with Gasteiger partial charge in [0, 0.05) is 30.3 Å². The number of carbonyl (C=O) groups is 1. The lowest BCUT2D eigenvalue weighted by molar-refractivity contribution is 0.259. The molecule has 100 valence electrons. The van der Waals surface area contributed by atoms with E-state index in [0.29, 0.717) is 12.2 Å². The normalized spacial score (nSPS) is 10.2. The molecule has 1 aromatic carbocycles. The van der Waals surface area contributed by atoms with Crippen LogP contribution in [-0.4, -0.2) is 15.6 Å². The number of primary amides is 1. The van der Waals surface area contributed by atoms with Gasteiger partial charge in [-0.1, -0.05) is 6.07 Å². The summed E-state index contributed by atoms with van der Waals surface area (Å²) in [5, 5.41) is 5.80. The van der Waals surface area contributed by atoms with Crippen LogP contribution in [0.15, 0.2) is 36.7 Å². The number of hydrogen-bond donors (Lipinski definition) is 3. The van der Waals surface area contributed by atoms with Gasteiger partial charge in [-0.25, -0.2) is 9.78 Å². The molecule has 2 aromatic rings. The van der Waals surface area contributed by atoms with Crippen molar-refractivity contribution >= 4 is 17.4 Å². The number of imidazole rings is 1. The zero-order valence-electron chi connectivity index (χ0n) is 10.8. The minimum Gasteiger partial charge on any atom is -0.378 e. The number of hydrogen-bond acceptors (Lipinski definition) is 3. The highest BCUT2D eigenvalue weighted by molar-refractivity contribution is 5.88. The van der Waals surface area contributed by atoms with Gasteiger partial charge >= 0.3 is 6.03 Å². The van der Waals surface area contributed by atoms with Gasteiger partial charge in [0.15, 0.2) is 0 Å². The molecule has 0 atom stereocenters. The van der Waals surface area contributed by atoms with Crippen LogP contribution in [0.25, 0.3) is 0 Å². The molecule has 6 nitrogen and oxygen atoms in total. The van der Waals surface area contributed by atoms with Gasteiger partial charge in [-0.05, 0) is 25.1 Å². The summed E-state index contributed by atoms with van der Waals surface area (Å²) in [7, 11) is 0. The average molecular weight is 259 g/mol. The van der Waals surface area contributed by atoms with Crippen molar-refractivity contribution in [2.45, 2.75) is 20.0 Å². The van der Waals surface area contributed by atoms with E-state index in [1.165, 1.54) is 0 Å². The fourth-order valence-corrected chi connectivity index (χ4v) is 1.83. The number of benzene rings is 1. The second-order valence-electron chi connectivity index (χ2n) is 4.05. The fourth-order valence-electron chi connectivity index (χ4n) is 1.83. The van der Waals surface area contributed by atoms with Crippen molar-refractivity contribution in [1.82, 2.24) is 9.55 Å². The molecule has 6 heteroatoms. The Morgan fingerprint density at radius 1 is 1.42 bits per heavy atom. The van der Waals surface area contributed by atoms with E-state index in [-0.39, 0.29) is 0 Å². The molecule has 0 spiro atoms. The van der Waals surface area contributed by atoms with E-state index in [2.05, 4.69) is 27.1 Å². The summed E-state index contributed by atoms with van der Waals surface area (Å²) in [5.74, 6) is 0.968. The van der Waals surface area contributed by atoms with Crippen molar-refractivity contribution in [3.63, 3.8) is 0 Å². The van der Waals surface area contributed by atoms with Crippen molar-refractivity contribution in [3.8, 4) is 0 Å². The summed E-state index contributed by atoms with van der Waals surface area (Å²) in [6, 6.07) is 6.80. The topological polar surface area (TPSA) is 85.0 Å². The molecule has 19 heavy (non-hydrogen) atoms. The molecule has 1 aromatic heterocycles. The molecule has 0 saturated carbocycles. The molecule has 0 radical (unpaired) electrons. The summed E-state index contributed by atoms with van der Waals surface area (Å²) in [6.45, 7) is 3.59. The Balaban J connectivity index is 2.01. The van der Waals surface area contributed by atoms with Crippen LogP contribution in [0.3, 0.4) is 0 Å². The van der Waals surface area contributed by atoms with Gasteiger partial charge in [0.1, 0.15) is 5.82 Å². The van der Waals surface area contributed by atoms with Crippen LogP contribution in [0, 0.1) is 0 Å². The summed E-state index contributed by atoms with van der Waals surface area (Å²) in [6.07, 6.45) is 3.73. The number of amides is 2. The summed E-state index contributed by atoms with van der Waals surface area (Å²) >= 11 is 0. The molecular weight excluding hydrogens is 242 g/mol.